The van der Waals surface area contributed by atoms with Gasteiger partial charge in [0.25, 0.3) is 0 Å². The zero-order valence-electron chi connectivity index (χ0n) is 13.3. The minimum absolute atomic E-state index is 0.785. The fraction of sp³-hybridized carbons (Fsp3) is 0.765. The number of nitrogens with one attached hydrogen (secondary N) is 1. The zero-order valence-corrected chi connectivity index (χ0v) is 13.3. The van der Waals surface area contributed by atoms with Crippen LogP contribution in [0, 0.1) is 0 Å². The van der Waals surface area contributed by atoms with Gasteiger partial charge in [-0.2, -0.15) is 0 Å². The first-order valence-corrected chi connectivity index (χ1v) is 8.58. The van der Waals surface area contributed by atoms with Crippen molar-refractivity contribution in [1.29, 1.82) is 0 Å². The molecule has 2 aliphatic rings. The maximum absolute atomic E-state index is 5.74. The van der Waals surface area contributed by atoms with Gasteiger partial charge in [0.1, 0.15) is 5.76 Å². The molecule has 1 aromatic rings. The van der Waals surface area contributed by atoms with E-state index in [0.717, 1.165) is 31.4 Å². The van der Waals surface area contributed by atoms with E-state index < -0.39 is 0 Å². The summed E-state index contributed by atoms with van der Waals surface area (Å²) in [6.07, 6.45) is 7.26. The first kappa shape index (κ1) is 15.1. The third-order valence-electron chi connectivity index (χ3n) is 4.76. The molecule has 2 saturated heterocycles. The van der Waals surface area contributed by atoms with Crippen LogP contribution in [0.5, 0.6) is 0 Å². The van der Waals surface area contributed by atoms with E-state index in [-0.39, 0.29) is 0 Å². The lowest BCUT2D eigenvalue weighted by Gasteiger charge is -2.43. The number of rotatable bonds is 6. The lowest BCUT2D eigenvalue weighted by atomic mass is 9.99. The van der Waals surface area contributed by atoms with Crippen molar-refractivity contribution in [2.45, 2.75) is 51.7 Å². The van der Waals surface area contributed by atoms with Gasteiger partial charge in [0.15, 0.2) is 0 Å². The Morgan fingerprint density at radius 1 is 1.29 bits per heavy atom. The van der Waals surface area contributed by atoms with Crippen molar-refractivity contribution in [2.24, 2.45) is 0 Å². The van der Waals surface area contributed by atoms with Gasteiger partial charge in [0.2, 0.25) is 0 Å². The Kier molecular flexibility index (Phi) is 5.33. The van der Waals surface area contributed by atoms with Crippen LogP contribution in [-0.4, -0.2) is 48.6 Å². The summed E-state index contributed by atoms with van der Waals surface area (Å²) in [4.78, 5) is 5.25. The molecule has 0 saturated carbocycles. The van der Waals surface area contributed by atoms with Crippen LogP contribution in [-0.2, 0) is 13.1 Å². The molecule has 0 aliphatic carbocycles. The lowest BCUT2D eigenvalue weighted by molar-refractivity contribution is 0.0426. The van der Waals surface area contributed by atoms with Gasteiger partial charge in [0.05, 0.1) is 12.8 Å². The van der Waals surface area contributed by atoms with Gasteiger partial charge < -0.3 is 9.73 Å². The van der Waals surface area contributed by atoms with E-state index in [4.69, 9.17) is 4.42 Å². The summed E-state index contributed by atoms with van der Waals surface area (Å²) in [6.45, 7) is 10.1. The van der Waals surface area contributed by atoms with Crippen molar-refractivity contribution in [3.05, 3.63) is 23.7 Å². The van der Waals surface area contributed by atoms with Crippen LogP contribution in [0.3, 0.4) is 0 Å². The normalized spacial score (nSPS) is 24.1. The Hall–Kier alpha value is -0.840. The first-order valence-electron chi connectivity index (χ1n) is 8.58. The van der Waals surface area contributed by atoms with E-state index in [1.54, 1.807) is 0 Å². The van der Waals surface area contributed by atoms with Crippen LogP contribution >= 0.6 is 0 Å². The van der Waals surface area contributed by atoms with Crippen LogP contribution in [0.4, 0.5) is 0 Å². The molecular weight excluding hydrogens is 262 g/mol. The molecule has 118 valence electrons. The van der Waals surface area contributed by atoms with Crippen molar-refractivity contribution in [2.75, 3.05) is 32.7 Å². The first-order chi connectivity index (χ1) is 10.3. The van der Waals surface area contributed by atoms with E-state index >= 15 is 0 Å². The topological polar surface area (TPSA) is 31.7 Å². The van der Waals surface area contributed by atoms with Crippen molar-refractivity contribution in [3.63, 3.8) is 0 Å². The average Bonchev–Trinajstić information content (AvgIpc) is 2.95. The molecule has 21 heavy (non-hydrogen) atoms. The summed E-state index contributed by atoms with van der Waals surface area (Å²) in [7, 11) is 0. The van der Waals surface area contributed by atoms with E-state index in [1.165, 1.54) is 57.4 Å². The Morgan fingerprint density at radius 3 is 3.14 bits per heavy atom. The highest BCUT2D eigenvalue weighted by atomic mass is 16.3. The summed E-state index contributed by atoms with van der Waals surface area (Å²) in [5.41, 5.74) is 1.27. The van der Waals surface area contributed by atoms with Crippen molar-refractivity contribution < 1.29 is 4.42 Å². The largest absolute Gasteiger partial charge is 0.468 e. The van der Waals surface area contributed by atoms with Gasteiger partial charge in [0, 0.05) is 37.8 Å². The van der Waals surface area contributed by atoms with Gasteiger partial charge in [-0.05, 0) is 38.4 Å². The smallest absolute Gasteiger partial charge is 0.118 e. The molecule has 3 heterocycles. The molecule has 1 atom stereocenters. The number of hydrogen-bond donors (Lipinski definition) is 1. The Morgan fingerprint density at radius 2 is 2.24 bits per heavy atom. The zero-order chi connectivity index (χ0) is 14.5. The second kappa shape index (κ2) is 7.43. The molecule has 1 unspecified atom stereocenters. The molecule has 2 aliphatic heterocycles. The minimum Gasteiger partial charge on any atom is -0.468 e. The molecule has 2 fully saturated rings. The highest BCUT2D eigenvalue weighted by molar-refractivity contribution is 5.12. The van der Waals surface area contributed by atoms with E-state index in [2.05, 4.69) is 28.1 Å². The van der Waals surface area contributed by atoms with Crippen molar-refractivity contribution in [1.82, 2.24) is 15.1 Å². The molecule has 4 heteroatoms. The van der Waals surface area contributed by atoms with Gasteiger partial charge >= 0.3 is 0 Å². The quantitative estimate of drug-likeness (QED) is 0.816. The van der Waals surface area contributed by atoms with Gasteiger partial charge in [-0.1, -0.05) is 13.3 Å². The van der Waals surface area contributed by atoms with E-state index in [1.807, 2.05) is 6.26 Å². The molecule has 0 bridgehead atoms. The molecule has 0 aromatic carbocycles. The second-order valence-corrected chi connectivity index (χ2v) is 6.52. The van der Waals surface area contributed by atoms with Crippen LogP contribution < -0.4 is 5.32 Å². The number of nitrogens with zero attached hydrogens (tertiary/aromatic N) is 2. The van der Waals surface area contributed by atoms with E-state index in [9.17, 15) is 0 Å². The van der Waals surface area contributed by atoms with Gasteiger partial charge in [-0.3, -0.25) is 9.80 Å². The molecule has 1 N–H and O–H groups in total. The fourth-order valence-corrected chi connectivity index (χ4v) is 3.60. The number of hydrogen-bond acceptors (Lipinski definition) is 4. The highest BCUT2D eigenvalue weighted by Gasteiger charge is 2.28. The maximum Gasteiger partial charge on any atom is 0.118 e. The number of furan rings is 1. The molecule has 0 spiro atoms. The second-order valence-electron chi connectivity index (χ2n) is 6.52. The number of piperidine rings is 1. The van der Waals surface area contributed by atoms with Crippen molar-refractivity contribution in [3.8, 4) is 0 Å². The SMILES string of the molecule is CCCNCc1coc(CN2CCN3CCCCC3C2)c1. The Bertz CT molecular complexity index is 431. The molecule has 0 radical (unpaired) electrons. The predicted octanol–water partition coefficient (Wildman–Crippen LogP) is 2.45. The van der Waals surface area contributed by atoms with Crippen LogP contribution in [0.1, 0.15) is 43.9 Å². The summed E-state index contributed by atoms with van der Waals surface area (Å²) >= 11 is 0. The van der Waals surface area contributed by atoms with E-state index in [0.29, 0.717) is 0 Å². The Labute approximate surface area is 128 Å². The molecular formula is C17H29N3O. The Balaban J connectivity index is 1.48. The number of piperazine rings is 1. The standard InChI is InChI=1S/C17H29N3O/c1-2-6-18-11-15-10-17(21-14-15)13-19-8-9-20-7-4-3-5-16(20)12-19/h10,14,16,18H,2-9,11-13H2,1H3. The minimum atomic E-state index is 0.785. The van der Waals surface area contributed by atoms with Crippen LogP contribution in [0.2, 0.25) is 0 Å². The predicted molar refractivity (Wildman–Crippen MR) is 85.2 cm³/mol. The number of fused-ring (bicyclic) bond motifs is 1. The molecule has 0 amide bonds. The molecule has 1 aromatic heterocycles. The summed E-state index contributed by atoms with van der Waals surface area (Å²) in [6, 6.07) is 3.00. The monoisotopic (exact) mass is 291 g/mol. The fourth-order valence-electron chi connectivity index (χ4n) is 3.60. The molecule has 3 rings (SSSR count). The molecule has 4 nitrogen and oxygen atoms in total. The third kappa shape index (κ3) is 4.09. The summed E-state index contributed by atoms with van der Waals surface area (Å²) < 4.78 is 5.74. The maximum atomic E-state index is 5.74. The van der Waals surface area contributed by atoms with Crippen LogP contribution in [0.15, 0.2) is 16.7 Å². The van der Waals surface area contributed by atoms with Gasteiger partial charge in [-0.25, -0.2) is 0 Å². The summed E-state index contributed by atoms with van der Waals surface area (Å²) in [5.74, 6) is 1.12. The summed E-state index contributed by atoms with van der Waals surface area (Å²) in [5, 5.41) is 3.43. The highest BCUT2D eigenvalue weighted by Crippen LogP contribution is 2.22. The lowest BCUT2D eigenvalue weighted by Crippen LogP contribution is -2.54. The van der Waals surface area contributed by atoms with Crippen LogP contribution in [0.25, 0.3) is 0 Å². The average molecular weight is 291 g/mol. The third-order valence-corrected chi connectivity index (χ3v) is 4.76. The van der Waals surface area contributed by atoms with Crippen molar-refractivity contribution >= 4 is 0 Å². The van der Waals surface area contributed by atoms with Gasteiger partial charge in [-0.15, -0.1) is 0 Å².